The van der Waals surface area contributed by atoms with Gasteiger partial charge in [-0.25, -0.2) is 14.6 Å². The maximum atomic E-state index is 11.6. The zero-order valence-corrected chi connectivity index (χ0v) is 10.3. The number of nitrogens with one attached hydrogen (secondary N) is 1. The van der Waals surface area contributed by atoms with Gasteiger partial charge in [0, 0.05) is 10.7 Å². The van der Waals surface area contributed by atoms with E-state index in [1.165, 1.54) is 11.0 Å². The molecule has 7 nitrogen and oxygen atoms in total. The summed E-state index contributed by atoms with van der Waals surface area (Å²) in [7, 11) is 0. The van der Waals surface area contributed by atoms with Crippen molar-refractivity contribution in [3.8, 4) is 0 Å². The van der Waals surface area contributed by atoms with Crippen molar-refractivity contribution in [3.63, 3.8) is 0 Å². The van der Waals surface area contributed by atoms with Gasteiger partial charge in [0.15, 0.2) is 0 Å². The van der Waals surface area contributed by atoms with E-state index in [1.54, 1.807) is 18.3 Å². The molecule has 0 atom stereocenters. The Bertz CT molecular complexity index is 523. The normalized spacial score (nSPS) is 10.2. The summed E-state index contributed by atoms with van der Waals surface area (Å²) in [6, 6.07) is 3.48. The van der Waals surface area contributed by atoms with Gasteiger partial charge in [0.05, 0.1) is 0 Å². The molecule has 0 bridgehead atoms. The van der Waals surface area contributed by atoms with Crippen molar-refractivity contribution in [2.24, 2.45) is 0 Å². The molecule has 0 fully saturated rings. The first-order valence-electron chi connectivity index (χ1n) is 4.70. The molecule has 2 aromatic heterocycles. The molecule has 0 radical (unpaired) electrons. The molecule has 88 valence electrons. The third kappa shape index (κ3) is 3.25. The van der Waals surface area contributed by atoms with Gasteiger partial charge in [0.25, 0.3) is 0 Å². The SMILES string of the molecule is Nc1ncn(CC(=O)Nc2ccc(Br)cn2)n1. The quantitative estimate of drug-likeness (QED) is 0.867. The number of carbonyl (C=O) groups excluding carboxylic acids is 1. The van der Waals surface area contributed by atoms with E-state index in [1.807, 2.05) is 0 Å². The maximum Gasteiger partial charge on any atom is 0.247 e. The van der Waals surface area contributed by atoms with Crippen LogP contribution in [0.4, 0.5) is 11.8 Å². The second-order valence-corrected chi connectivity index (χ2v) is 4.13. The molecule has 17 heavy (non-hydrogen) atoms. The van der Waals surface area contributed by atoms with Crippen molar-refractivity contribution in [1.82, 2.24) is 19.7 Å². The highest BCUT2D eigenvalue weighted by Gasteiger charge is 2.05. The monoisotopic (exact) mass is 296 g/mol. The number of rotatable bonds is 3. The second-order valence-electron chi connectivity index (χ2n) is 3.21. The number of hydrogen-bond donors (Lipinski definition) is 2. The summed E-state index contributed by atoms with van der Waals surface area (Å²) in [5.74, 6) is 0.371. The first-order valence-corrected chi connectivity index (χ1v) is 5.49. The Morgan fingerprint density at radius 1 is 1.47 bits per heavy atom. The molecule has 0 aromatic carbocycles. The number of halogens is 1. The Hall–Kier alpha value is -1.96. The van der Waals surface area contributed by atoms with E-state index in [-0.39, 0.29) is 18.4 Å². The number of anilines is 2. The lowest BCUT2D eigenvalue weighted by Gasteiger charge is -2.03. The van der Waals surface area contributed by atoms with Crippen molar-refractivity contribution >= 4 is 33.6 Å². The van der Waals surface area contributed by atoms with Gasteiger partial charge in [0.2, 0.25) is 11.9 Å². The topological polar surface area (TPSA) is 98.7 Å². The van der Waals surface area contributed by atoms with Crippen LogP contribution in [0.15, 0.2) is 29.1 Å². The lowest BCUT2D eigenvalue weighted by Crippen LogP contribution is -2.19. The smallest absolute Gasteiger partial charge is 0.247 e. The van der Waals surface area contributed by atoms with Gasteiger partial charge in [-0.2, -0.15) is 0 Å². The van der Waals surface area contributed by atoms with Crippen LogP contribution in [-0.4, -0.2) is 25.7 Å². The summed E-state index contributed by atoms with van der Waals surface area (Å²) in [5.41, 5.74) is 5.33. The summed E-state index contributed by atoms with van der Waals surface area (Å²) in [4.78, 5) is 19.3. The Balaban J connectivity index is 1.95. The van der Waals surface area contributed by atoms with E-state index < -0.39 is 0 Å². The minimum atomic E-state index is -0.246. The lowest BCUT2D eigenvalue weighted by atomic mass is 10.4. The molecule has 0 saturated heterocycles. The third-order valence-corrected chi connectivity index (χ3v) is 2.32. The molecule has 0 aliphatic carbocycles. The van der Waals surface area contributed by atoms with Crippen molar-refractivity contribution in [1.29, 1.82) is 0 Å². The average Bonchev–Trinajstić information content (AvgIpc) is 2.67. The van der Waals surface area contributed by atoms with Crippen LogP contribution in [0.25, 0.3) is 0 Å². The van der Waals surface area contributed by atoms with Crippen LogP contribution in [-0.2, 0) is 11.3 Å². The minimum Gasteiger partial charge on any atom is -0.367 e. The summed E-state index contributed by atoms with van der Waals surface area (Å²) in [6.07, 6.45) is 2.99. The van der Waals surface area contributed by atoms with Gasteiger partial charge in [-0.05, 0) is 28.1 Å². The fourth-order valence-corrected chi connectivity index (χ4v) is 1.40. The first kappa shape index (κ1) is 11.5. The van der Waals surface area contributed by atoms with E-state index in [0.29, 0.717) is 5.82 Å². The number of aromatic nitrogens is 4. The van der Waals surface area contributed by atoms with Crippen molar-refractivity contribution in [3.05, 3.63) is 29.1 Å². The average molecular weight is 297 g/mol. The fourth-order valence-electron chi connectivity index (χ4n) is 1.16. The Morgan fingerprint density at radius 3 is 2.88 bits per heavy atom. The van der Waals surface area contributed by atoms with Gasteiger partial charge in [-0.15, -0.1) is 5.10 Å². The van der Waals surface area contributed by atoms with Gasteiger partial charge in [0.1, 0.15) is 18.7 Å². The van der Waals surface area contributed by atoms with Gasteiger partial charge in [-0.1, -0.05) is 0 Å². The summed E-state index contributed by atoms with van der Waals surface area (Å²) >= 11 is 3.26. The molecule has 0 aliphatic rings. The molecular formula is C9H9BrN6O. The van der Waals surface area contributed by atoms with E-state index in [9.17, 15) is 4.79 Å². The van der Waals surface area contributed by atoms with Crippen LogP contribution in [0.5, 0.6) is 0 Å². The molecule has 2 aromatic rings. The second kappa shape index (κ2) is 4.91. The minimum absolute atomic E-state index is 0.0436. The number of amides is 1. The number of nitrogens with two attached hydrogens (primary N) is 1. The first-order chi connectivity index (χ1) is 8.13. The van der Waals surface area contributed by atoms with E-state index in [0.717, 1.165) is 4.47 Å². The standard InChI is InChI=1S/C9H9BrN6O/c10-6-1-2-7(12-3-6)14-8(17)4-16-5-13-9(11)15-16/h1-3,5H,4H2,(H2,11,15)(H,12,14,17). The lowest BCUT2D eigenvalue weighted by molar-refractivity contribution is -0.116. The zero-order chi connectivity index (χ0) is 12.3. The van der Waals surface area contributed by atoms with E-state index >= 15 is 0 Å². The fraction of sp³-hybridized carbons (Fsp3) is 0.111. The van der Waals surface area contributed by atoms with Gasteiger partial charge < -0.3 is 11.1 Å². The molecule has 2 rings (SSSR count). The van der Waals surface area contributed by atoms with Gasteiger partial charge in [-0.3, -0.25) is 4.79 Å². The number of hydrogen-bond acceptors (Lipinski definition) is 5. The van der Waals surface area contributed by atoms with E-state index in [4.69, 9.17) is 5.73 Å². The molecule has 2 heterocycles. The number of nitrogen functional groups attached to an aromatic ring is 1. The number of pyridine rings is 1. The van der Waals surface area contributed by atoms with Crippen LogP contribution >= 0.6 is 15.9 Å². The summed E-state index contributed by atoms with van der Waals surface area (Å²) in [5, 5.41) is 6.43. The van der Waals surface area contributed by atoms with E-state index in [2.05, 4.69) is 36.3 Å². The maximum absolute atomic E-state index is 11.6. The Kier molecular flexibility index (Phi) is 3.33. The van der Waals surface area contributed by atoms with Gasteiger partial charge >= 0.3 is 0 Å². The van der Waals surface area contributed by atoms with Crippen LogP contribution in [0.1, 0.15) is 0 Å². The van der Waals surface area contributed by atoms with Crippen LogP contribution in [0.3, 0.4) is 0 Å². The predicted octanol–water partition coefficient (Wildman–Crippen LogP) is 0.656. The molecule has 0 aliphatic heterocycles. The Labute approximate surface area is 105 Å². The van der Waals surface area contributed by atoms with Crippen molar-refractivity contribution in [2.75, 3.05) is 11.1 Å². The van der Waals surface area contributed by atoms with Crippen LogP contribution in [0, 0.1) is 0 Å². The molecule has 0 saturated carbocycles. The number of nitrogens with zero attached hydrogens (tertiary/aromatic N) is 4. The van der Waals surface area contributed by atoms with Crippen molar-refractivity contribution in [2.45, 2.75) is 6.54 Å². The summed E-state index contributed by atoms with van der Waals surface area (Å²) in [6.45, 7) is 0.0436. The molecule has 8 heteroatoms. The summed E-state index contributed by atoms with van der Waals surface area (Å²) < 4.78 is 2.20. The van der Waals surface area contributed by atoms with Crippen LogP contribution in [0.2, 0.25) is 0 Å². The highest BCUT2D eigenvalue weighted by Crippen LogP contribution is 2.10. The molecule has 0 unspecified atom stereocenters. The molecule has 1 amide bonds. The van der Waals surface area contributed by atoms with Crippen LogP contribution < -0.4 is 11.1 Å². The molecule has 0 spiro atoms. The third-order valence-electron chi connectivity index (χ3n) is 1.85. The van der Waals surface area contributed by atoms with Crippen molar-refractivity contribution < 1.29 is 4.79 Å². The Morgan fingerprint density at radius 2 is 2.29 bits per heavy atom. The molecule has 3 N–H and O–H groups in total. The predicted molar refractivity (Wildman–Crippen MR) is 65.0 cm³/mol. The largest absolute Gasteiger partial charge is 0.367 e. The highest BCUT2D eigenvalue weighted by molar-refractivity contribution is 9.10. The number of carbonyl (C=O) groups is 1. The molecular weight excluding hydrogens is 288 g/mol. The highest BCUT2D eigenvalue weighted by atomic mass is 79.9. The zero-order valence-electron chi connectivity index (χ0n) is 8.67.